The minimum Gasteiger partial charge on any atom is -0.455 e. The van der Waals surface area contributed by atoms with Gasteiger partial charge in [0.1, 0.15) is 22.3 Å². The molecule has 0 aliphatic carbocycles. The summed E-state index contributed by atoms with van der Waals surface area (Å²) in [4.78, 5) is 5.00. The van der Waals surface area contributed by atoms with Crippen molar-refractivity contribution in [2.75, 3.05) is 9.71 Å². The maximum absolute atomic E-state index is 6.76. The second-order valence-electron chi connectivity index (χ2n) is 12.8. The van der Waals surface area contributed by atoms with Crippen LogP contribution in [0, 0.1) is 0 Å². The lowest BCUT2D eigenvalue weighted by molar-refractivity contribution is 0.670. The third-order valence-electron chi connectivity index (χ3n) is 10.6. The van der Waals surface area contributed by atoms with E-state index in [1.165, 1.54) is 33.4 Å². The van der Waals surface area contributed by atoms with E-state index in [4.69, 9.17) is 8.83 Å². The molecule has 3 aliphatic rings. The minimum absolute atomic E-state index is 0.0176. The third kappa shape index (κ3) is 2.83. The van der Waals surface area contributed by atoms with Crippen LogP contribution < -0.4 is 20.6 Å². The normalized spacial score (nSPS) is 13.8. The number of para-hydroxylation sites is 3. The lowest BCUT2D eigenvalue weighted by Gasteiger charge is -2.48. The Balaban J connectivity index is 1.29. The first-order valence-corrected chi connectivity index (χ1v) is 16.1. The maximum atomic E-state index is 6.76. The highest BCUT2D eigenvalue weighted by Crippen LogP contribution is 2.55. The zero-order valence-electron chi connectivity index (χ0n) is 25.1. The summed E-state index contributed by atoms with van der Waals surface area (Å²) >= 11 is 0. The summed E-state index contributed by atoms with van der Waals surface area (Å²) < 4.78 is 13.5. The number of nitrogens with zero attached hydrogens (tertiary/aromatic N) is 2. The summed E-state index contributed by atoms with van der Waals surface area (Å²) in [6, 6.07) is 50.1. The highest BCUT2D eigenvalue weighted by molar-refractivity contribution is 6.95. The first kappa shape index (κ1) is 24.1. The van der Waals surface area contributed by atoms with Crippen LogP contribution in [0.2, 0.25) is 0 Å². The monoisotopic (exact) mass is 598 g/mol. The summed E-state index contributed by atoms with van der Waals surface area (Å²) in [5.41, 5.74) is 16.8. The predicted octanol–water partition coefficient (Wildman–Crippen LogP) is 10.2. The maximum Gasteiger partial charge on any atom is 0.333 e. The summed E-state index contributed by atoms with van der Waals surface area (Å²) in [6.07, 6.45) is 0. The molecular formula is C42H23BN2O2. The SMILES string of the molecule is c1ccc(N2c3cccc4c3B3c5c(cccc52)-c2c(ccc5c2oc2ccccc25)N3c2ccc3c(oc5ccccc53)c2-4)cc1. The molecule has 0 fully saturated rings. The van der Waals surface area contributed by atoms with Crippen molar-refractivity contribution in [2.24, 2.45) is 0 Å². The van der Waals surface area contributed by atoms with Crippen LogP contribution in [0.25, 0.3) is 66.1 Å². The highest BCUT2D eigenvalue weighted by atomic mass is 16.3. The number of hydrogen-bond acceptors (Lipinski definition) is 4. The zero-order chi connectivity index (χ0) is 30.4. The molecule has 5 heteroatoms. The number of benzene rings is 7. The van der Waals surface area contributed by atoms with E-state index in [9.17, 15) is 0 Å². The van der Waals surface area contributed by atoms with Gasteiger partial charge in [-0.05, 0) is 82.7 Å². The van der Waals surface area contributed by atoms with Gasteiger partial charge in [-0.25, -0.2) is 0 Å². The van der Waals surface area contributed by atoms with Crippen LogP contribution in [0.3, 0.4) is 0 Å². The number of fused-ring (bicyclic) bond motifs is 14. The van der Waals surface area contributed by atoms with Gasteiger partial charge in [-0.2, -0.15) is 0 Å². The molecule has 216 valence electrons. The lowest BCUT2D eigenvalue weighted by Crippen LogP contribution is -2.63. The van der Waals surface area contributed by atoms with Crippen molar-refractivity contribution in [3.05, 3.63) is 140 Å². The van der Waals surface area contributed by atoms with Crippen molar-refractivity contribution in [3.63, 3.8) is 0 Å². The van der Waals surface area contributed by atoms with E-state index < -0.39 is 0 Å². The molecule has 5 heterocycles. The van der Waals surface area contributed by atoms with Gasteiger partial charge in [0.25, 0.3) is 0 Å². The average Bonchev–Trinajstić information content (AvgIpc) is 3.70. The Hall–Kier alpha value is -6.20. The first-order chi connectivity index (χ1) is 23.3. The quantitative estimate of drug-likeness (QED) is 0.176. The molecule has 0 saturated carbocycles. The van der Waals surface area contributed by atoms with Crippen LogP contribution in [0.4, 0.5) is 28.4 Å². The second kappa shape index (κ2) is 8.33. The van der Waals surface area contributed by atoms with Crippen molar-refractivity contribution < 1.29 is 8.83 Å². The molecule has 0 spiro atoms. The molecule has 0 amide bonds. The molecule has 4 nitrogen and oxygen atoms in total. The molecule has 3 aliphatic heterocycles. The molecule has 0 N–H and O–H groups in total. The molecule has 0 radical (unpaired) electrons. The van der Waals surface area contributed by atoms with Crippen LogP contribution >= 0.6 is 0 Å². The fourth-order valence-corrected chi connectivity index (χ4v) is 8.78. The third-order valence-corrected chi connectivity index (χ3v) is 10.6. The number of furan rings is 2. The van der Waals surface area contributed by atoms with Gasteiger partial charge in [0.2, 0.25) is 0 Å². The van der Waals surface area contributed by atoms with Crippen LogP contribution in [0.15, 0.2) is 148 Å². The summed E-state index contributed by atoms with van der Waals surface area (Å²) in [6.45, 7) is -0.0176. The number of hydrogen-bond donors (Lipinski definition) is 0. The molecule has 0 saturated heterocycles. The molecular weight excluding hydrogens is 575 g/mol. The molecule has 47 heavy (non-hydrogen) atoms. The fraction of sp³-hybridized carbons (Fsp3) is 0. The number of anilines is 5. The van der Waals surface area contributed by atoms with E-state index in [2.05, 4.69) is 137 Å². The molecule has 0 atom stereocenters. The molecule has 0 bridgehead atoms. The van der Waals surface area contributed by atoms with Crippen LogP contribution in [0.1, 0.15) is 0 Å². The van der Waals surface area contributed by atoms with Gasteiger partial charge < -0.3 is 18.5 Å². The molecule has 2 aromatic heterocycles. The van der Waals surface area contributed by atoms with Gasteiger partial charge in [-0.15, -0.1) is 0 Å². The molecule has 9 aromatic rings. The molecule has 7 aromatic carbocycles. The zero-order valence-corrected chi connectivity index (χ0v) is 25.1. The van der Waals surface area contributed by atoms with Gasteiger partial charge in [0.05, 0.1) is 0 Å². The Morgan fingerprint density at radius 1 is 0.404 bits per heavy atom. The highest BCUT2D eigenvalue weighted by Gasteiger charge is 2.50. The van der Waals surface area contributed by atoms with Crippen LogP contribution in [-0.4, -0.2) is 6.85 Å². The lowest BCUT2D eigenvalue weighted by atomic mass is 9.41. The van der Waals surface area contributed by atoms with Gasteiger partial charge in [0.15, 0.2) is 0 Å². The van der Waals surface area contributed by atoms with Crippen molar-refractivity contribution in [2.45, 2.75) is 0 Å². The number of rotatable bonds is 1. The van der Waals surface area contributed by atoms with E-state index in [1.807, 2.05) is 12.1 Å². The van der Waals surface area contributed by atoms with Crippen molar-refractivity contribution >= 4 is 90.1 Å². The minimum atomic E-state index is -0.0176. The Kier molecular flexibility index (Phi) is 4.27. The van der Waals surface area contributed by atoms with Crippen molar-refractivity contribution in [3.8, 4) is 22.3 Å². The Morgan fingerprint density at radius 2 is 0.915 bits per heavy atom. The van der Waals surface area contributed by atoms with E-state index >= 15 is 0 Å². The van der Waals surface area contributed by atoms with E-state index in [1.54, 1.807) is 0 Å². The van der Waals surface area contributed by atoms with Crippen LogP contribution in [-0.2, 0) is 0 Å². The average molecular weight is 598 g/mol. The van der Waals surface area contributed by atoms with Gasteiger partial charge >= 0.3 is 6.85 Å². The molecule has 12 rings (SSSR count). The second-order valence-corrected chi connectivity index (χ2v) is 12.8. The van der Waals surface area contributed by atoms with Crippen LogP contribution in [0.5, 0.6) is 0 Å². The Bertz CT molecular complexity index is 2660. The largest absolute Gasteiger partial charge is 0.455 e. The Labute approximate surface area is 269 Å². The van der Waals surface area contributed by atoms with Crippen molar-refractivity contribution in [1.82, 2.24) is 0 Å². The smallest absolute Gasteiger partial charge is 0.333 e. The fourth-order valence-electron chi connectivity index (χ4n) is 8.78. The summed E-state index contributed by atoms with van der Waals surface area (Å²) in [7, 11) is 0. The molecule has 0 unspecified atom stereocenters. The van der Waals surface area contributed by atoms with Gasteiger partial charge in [-0.3, -0.25) is 0 Å². The van der Waals surface area contributed by atoms with Gasteiger partial charge in [0, 0.05) is 61.1 Å². The first-order valence-electron chi connectivity index (χ1n) is 16.1. The Morgan fingerprint density at radius 3 is 1.47 bits per heavy atom. The van der Waals surface area contributed by atoms with Gasteiger partial charge in [-0.1, -0.05) is 78.9 Å². The summed E-state index contributed by atoms with van der Waals surface area (Å²) in [5.74, 6) is 0. The standard InChI is InChI=1S/C42H23BN2O2/c1-2-10-24(11-3-1)44-33-16-8-14-29-37-31(22-20-27-25-12-4-6-18-35(25)46-41(27)37)45-32-23-21-28-26-13-5-7-19-36(26)47-42(28)38(32)30-15-9-17-34(44)40(30)43(45)39(29)33/h1-23H. The van der Waals surface area contributed by atoms with Crippen molar-refractivity contribution in [1.29, 1.82) is 0 Å². The van der Waals surface area contributed by atoms with E-state index in [-0.39, 0.29) is 6.85 Å². The van der Waals surface area contributed by atoms with E-state index in [0.717, 1.165) is 72.1 Å². The summed E-state index contributed by atoms with van der Waals surface area (Å²) in [5, 5.41) is 4.55. The predicted molar refractivity (Wildman–Crippen MR) is 194 cm³/mol. The van der Waals surface area contributed by atoms with E-state index in [0.29, 0.717) is 0 Å². The topological polar surface area (TPSA) is 32.8 Å².